The number of hydrogen-bond acceptors (Lipinski definition) is 7. The zero-order valence-corrected chi connectivity index (χ0v) is 14.5. The highest BCUT2D eigenvalue weighted by Crippen LogP contribution is 2.47. The predicted molar refractivity (Wildman–Crippen MR) is 100 cm³/mol. The number of anilines is 1. The van der Waals surface area contributed by atoms with E-state index in [1.54, 1.807) is 24.3 Å². The van der Waals surface area contributed by atoms with Gasteiger partial charge < -0.3 is 11.5 Å². The first-order valence-electron chi connectivity index (χ1n) is 8.43. The van der Waals surface area contributed by atoms with Gasteiger partial charge in [0.2, 0.25) is 0 Å². The SMILES string of the molecule is Nc1nc2c(c3c1CCC3)C1=NC=NC(N)(Cc3cccnc3)C1S2. The van der Waals surface area contributed by atoms with E-state index in [0.29, 0.717) is 12.2 Å². The maximum Gasteiger partial charge on any atom is 0.132 e. The summed E-state index contributed by atoms with van der Waals surface area (Å²) in [7, 11) is 0. The first kappa shape index (κ1) is 15.0. The van der Waals surface area contributed by atoms with Crippen LogP contribution in [0, 0.1) is 0 Å². The Balaban J connectivity index is 1.58. The van der Waals surface area contributed by atoms with E-state index in [2.05, 4.69) is 20.0 Å². The van der Waals surface area contributed by atoms with Crippen molar-refractivity contribution in [3.63, 3.8) is 0 Å². The summed E-state index contributed by atoms with van der Waals surface area (Å²) in [5.41, 5.74) is 17.9. The van der Waals surface area contributed by atoms with Gasteiger partial charge in [0.1, 0.15) is 22.8 Å². The van der Waals surface area contributed by atoms with Crippen molar-refractivity contribution < 1.29 is 0 Å². The number of nitrogens with zero attached hydrogens (tertiary/aromatic N) is 4. The summed E-state index contributed by atoms with van der Waals surface area (Å²) in [4.78, 5) is 18.0. The zero-order chi connectivity index (χ0) is 17.0. The van der Waals surface area contributed by atoms with Crippen molar-refractivity contribution in [3.05, 3.63) is 46.8 Å². The Kier molecular flexibility index (Phi) is 3.23. The summed E-state index contributed by atoms with van der Waals surface area (Å²) >= 11 is 1.65. The quantitative estimate of drug-likeness (QED) is 0.859. The number of thioether (sulfide) groups is 1. The molecule has 7 heteroatoms. The molecule has 0 spiro atoms. The molecule has 0 radical (unpaired) electrons. The smallest absolute Gasteiger partial charge is 0.132 e. The third-order valence-corrected chi connectivity index (χ3v) is 6.54. The van der Waals surface area contributed by atoms with Crippen LogP contribution in [0.4, 0.5) is 5.82 Å². The van der Waals surface area contributed by atoms with E-state index >= 15 is 0 Å². The molecule has 25 heavy (non-hydrogen) atoms. The monoisotopic (exact) mass is 350 g/mol. The molecular weight excluding hydrogens is 332 g/mol. The Morgan fingerprint density at radius 3 is 3.00 bits per heavy atom. The van der Waals surface area contributed by atoms with Crippen molar-refractivity contribution in [1.82, 2.24) is 9.97 Å². The molecule has 0 aromatic carbocycles. The molecule has 6 nitrogen and oxygen atoms in total. The highest BCUT2D eigenvalue weighted by atomic mass is 32.2. The molecule has 2 unspecified atom stereocenters. The van der Waals surface area contributed by atoms with Crippen LogP contribution >= 0.6 is 11.8 Å². The van der Waals surface area contributed by atoms with Crippen molar-refractivity contribution in [1.29, 1.82) is 0 Å². The summed E-state index contributed by atoms with van der Waals surface area (Å²) in [6.07, 6.45) is 8.98. The second-order valence-corrected chi connectivity index (χ2v) is 7.87. The zero-order valence-electron chi connectivity index (χ0n) is 13.6. The minimum absolute atomic E-state index is 0.0493. The number of nitrogen functional groups attached to an aromatic ring is 1. The van der Waals surface area contributed by atoms with Gasteiger partial charge in [0, 0.05) is 24.4 Å². The summed E-state index contributed by atoms with van der Waals surface area (Å²) in [6, 6.07) is 3.95. The van der Waals surface area contributed by atoms with Crippen molar-refractivity contribution in [3.8, 4) is 0 Å². The fourth-order valence-corrected chi connectivity index (χ4v) is 5.38. The fraction of sp³-hybridized carbons (Fsp3) is 0.333. The Hall–Kier alpha value is -2.25. The lowest BCUT2D eigenvalue weighted by molar-refractivity contribution is 0.468. The van der Waals surface area contributed by atoms with E-state index in [-0.39, 0.29) is 5.25 Å². The van der Waals surface area contributed by atoms with E-state index in [1.165, 1.54) is 11.1 Å². The molecule has 0 bridgehead atoms. The average molecular weight is 350 g/mol. The van der Waals surface area contributed by atoms with Gasteiger partial charge in [-0.15, -0.1) is 0 Å². The number of hydrogen-bond donors (Lipinski definition) is 2. The molecule has 2 aliphatic heterocycles. The van der Waals surface area contributed by atoms with E-state index in [4.69, 9.17) is 11.5 Å². The molecule has 126 valence electrons. The number of rotatable bonds is 2. The van der Waals surface area contributed by atoms with Crippen LogP contribution in [0.5, 0.6) is 0 Å². The highest BCUT2D eigenvalue weighted by molar-refractivity contribution is 8.01. The molecule has 0 amide bonds. The van der Waals surface area contributed by atoms with Gasteiger partial charge in [0.15, 0.2) is 0 Å². The van der Waals surface area contributed by atoms with E-state index < -0.39 is 5.66 Å². The van der Waals surface area contributed by atoms with Crippen LogP contribution in [0.3, 0.4) is 0 Å². The first-order chi connectivity index (χ1) is 12.2. The van der Waals surface area contributed by atoms with Gasteiger partial charge in [-0.25, -0.2) is 15.0 Å². The molecule has 0 saturated heterocycles. The van der Waals surface area contributed by atoms with Crippen LogP contribution in [-0.2, 0) is 19.3 Å². The lowest BCUT2D eigenvalue weighted by atomic mass is 9.90. The van der Waals surface area contributed by atoms with Crippen molar-refractivity contribution in [2.45, 2.75) is 41.6 Å². The second-order valence-electron chi connectivity index (χ2n) is 6.77. The lowest BCUT2D eigenvalue weighted by Crippen LogP contribution is -2.53. The van der Waals surface area contributed by atoms with Crippen LogP contribution in [-0.4, -0.2) is 32.9 Å². The molecule has 2 aromatic rings. The topological polar surface area (TPSA) is 103 Å². The van der Waals surface area contributed by atoms with Crippen LogP contribution in [0.25, 0.3) is 0 Å². The molecule has 3 aliphatic rings. The molecule has 4 N–H and O–H groups in total. The maximum absolute atomic E-state index is 6.75. The third kappa shape index (κ3) is 2.22. The minimum Gasteiger partial charge on any atom is -0.383 e. The summed E-state index contributed by atoms with van der Waals surface area (Å²) < 4.78 is 0. The molecule has 1 aliphatic carbocycles. The van der Waals surface area contributed by atoms with Gasteiger partial charge in [-0.2, -0.15) is 0 Å². The predicted octanol–water partition coefficient (Wildman–Crippen LogP) is 1.75. The summed E-state index contributed by atoms with van der Waals surface area (Å²) in [5, 5.41) is 0.903. The molecular formula is C18H18N6S. The van der Waals surface area contributed by atoms with Gasteiger partial charge in [0.05, 0.1) is 11.0 Å². The Bertz CT molecular complexity index is 923. The number of nitrogens with two attached hydrogens (primary N) is 2. The third-order valence-electron chi connectivity index (χ3n) is 5.16. The largest absolute Gasteiger partial charge is 0.383 e. The number of aromatic nitrogens is 2. The van der Waals surface area contributed by atoms with E-state index in [0.717, 1.165) is 41.1 Å². The lowest BCUT2D eigenvalue weighted by Gasteiger charge is -2.32. The van der Waals surface area contributed by atoms with Crippen LogP contribution in [0.15, 0.2) is 39.5 Å². The van der Waals surface area contributed by atoms with Crippen molar-refractivity contribution in [2.75, 3.05) is 5.73 Å². The Labute approximate surface area is 149 Å². The Morgan fingerprint density at radius 1 is 1.28 bits per heavy atom. The molecule has 2 aromatic heterocycles. The fourth-order valence-electron chi connectivity index (χ4n) is 4.02. The number of pyridine rings is 2. The van der Waals surface area contributed by atoms with Crippen LogP contribution in [0.1, 0.15) is 28.7 Å². The Morgan fingerprint density at radius 2 is 2.16 bits per heavy atom. The first-order valence-corrected chi connectivity index (χ1v) is 9.31. The van der Waals surface area contributed by atoms with E-state index in [9.17, 15) is 0 Å². The van der Waals surface area contributed by atoms with Gasteiger partial charge in [-0.1, -0.05) is 17.8 Å². The highest BCUT2D eigenvalue weighted by Gasteiger charge is 2.47. The number of fused-ring (bicyclic) bond motifs is 5. The van der Waals surface area contributed by atoms with E-state index in [1.807, 2.05) is 18.3 Å². The second kappa shape index (κ2) is 5.37. The van der Waals surface area contributed by atoms with Gasteiger partial charge in [-0.3, -0.25) is 4.98 Å². The molecule has 2 atom stereocenters. The summed E-state index contributed by atoms with van der Waals surface area (Å²) in [5.74, 6) is 0.661. The van der Waals surface area contributed by atoms with Crippen LogP contribution in [0.2, 0.25) is 0 Å². The van der Waals surface area contributed by atoms with Crippen molar-refractivity contribution >= 4 is 29.6 Å². The summed E-state index contributed by atoms with van der Waals surface area (Å²) in [6.45, 7) is 0. The standard InChI is InChI=1S/C18H18N6S/c19-16-12-5-1-4-11(12)13-14-15(25-17(13)24-16)18(20,23-9-22-14)7-10-3-2-6-21-8-10/h2-3,6,8-9,15H,1,4-5,7,20H2,(H2,19,24). The van der Waals surface area contributed by atoms with Gasteiger partial charge in [-0.05, 0) is 42.0 Å². The van der Waals surface area contributed by atoms with Gasteiger partial charge in [0.25, 0.3) is 0 Å². The minimum atomic E-state index is -0.758. The molecule has 5 rings (SSSR count). The van der Waals surface area contributed by atoms with Crippen molar-refractivity contribution in [2.24, 2.45) is 15.7 Å². The van der Waals surface area contributed by atoms with Crippen LogP contribution < -0.4 is 11.5 Å². The normalized spacial score (nSPS) is 26.1. The molecule has 0 fully saturated rings. The molecule has 0 saturated carbocycles. The number of aliphatic imine (C=N–C) groups is 2. The maximum atomic E-state index is 6.75. The molecule has 4 heterocycles. The van der Waals surface area contributed by atoms with Gasteiger partial charge >= 0.3 is 0 Å². The average Bonchev–Trinajstić information content (AvgIpc) is 3.21.